The third-order valence-electron chi connectivity index (χ3n) is 4.01. The lowest BCUT2D eigenvalue weighted by Gasteiger charge is -2.04. The Hall–Kier alpha value is -2.51. The van der Waals surface area contributed by atoms with E-state index in [9.17, 15) is 4.79 Å². The van der Waals surface area contributed by atoms with Gasteiger partial charge in [0.2, 0.25) is 0 Å². The average Bonchev–Trinajstić information content (AvgIpc) is 3.09. The number of pyridine rings is 1. The fraction of sp³-hybridized carbons (Fsp3) is 0.381. The molecule has 0 spiro atoms. The molecule has 28 heavy (non-hydrogen) atoms. The Balaban J connectivity index is 0.000000345. The third kappa shape index (κ3) is 5.05. The van der Waals surface area contributed by atoms with Gasteiger partial charge in [-0.3, -0.25) is 9.36 Å². The van der Waals surface area contributed by atoms with Crippen LogP contribution >= 0.6 is 11.3 Å². The molecule has 0 radical (unpaired) electrons. The molecule has 6 nitrogen and oxygen atoms in total. The van der Waals surface area contributed by atoms with Crippen molar-refractivity contribution in [3.05, 3.63) is 47.2 Å². The van der Waals surface area contributed by atoms with E-state index < -0.39 is 0 Å². The van der Waals surface area contributed by atoms with Crippen molar-refractivity contribution in [1.29, 1.82) is 0 Å². The largest absolute Gasteiger partial charge is 0.385 e. The van der Waals surface area contributed by atoms with Crippen molar-refractivity contribution < 1.29 is 4.74 Å². The molecule has 0 amide bonds. The molecule has 0 saturated carbocycles. The molecule has 0 fully saturated rings. The minimum atomic E-state index is -0.0462. The number of ether oxygens (including phenoxy) is 1. The molecule has 3 rings (SSSR count). The molecule has 3 heterocycles. The molecule has 0 aliphatic rings. The van der Waals surface area contributed by atoms with Crippen molar-refractivity contribution in [3.63, 3.8) is 0 Å². The summed E-state index contributed by atoms with van der Waals surface area (Å²) in [6.45, 7) is 8.86. The van der Waals surface area contributed by atoms with Crippen molar-refractivity contribution in [2.24, 2.45) is 0 Å². The number of allylic oxidation sites excluding steroid dienone is 2. The number of anilines is 1. The third-order valence-corrected chi connectivity index (χ3v) is 5.09. The zero-order chi connectivity index (χ0) is 20.5. The van der Waals surface area contributed by atoms with Crippen molar-refractivity contribution in [1.82, 2.24) is 14.5 Å². The summed E-state index contributed by atoms with van der Waals surface area (Å²) in [7, 11) is 1.70. The molecule has 0 aliphatic heterocycles. The first-order valence-corrected chi connectivity index (χ1v) is 10.2. The monoisotopic (exact) mass is 400 g/mol. The molecule has 150 valence electrons. The molecular weight excluding hydrogens is 372 g/mol. The first kappa shape index (κ1) is 21.8. The lowest BCUT2D eigenvalue weighted by Crippen LogP contribution is -2.14. The van der Waals surface area contributed by atoms with Gasteiger partial charge in [0.25, 0.3) is 5.56 Å². The van der Waals surface area contributed by atoms with Crippen LogP contribution in [0.25, 0.3) is 26.6 Å². The smallest absolute Gasteiger partial charge is 0.275 e. The Bertz CT molecular complexity index is 1020. The van der Waals surface area contributed by atoms with E-state index in [0.717, 1.165) is 34.4 Å². The number of fused-ring (bicyclic) bond motifs is 3. The summed E-state index contributed by atoms with van der Waals surface area (Å²) >= 11 is 1.40. The van der Waals surface area contributed by atoms with Crippen LogP contribution in [0.1, 0.15) is 34.1 Å². The highest BCUT2D eigenvalue weighted by Crippen LogP contribution is 2.33. The molecule has 0 aromatic carbocycles. The average molecular weight is 401 g/mol. The highest BCUT2D eigenvalue weighted by atomic mass is 32.1. The van der Waals surface area contributed by atoms with Gasteiger partial charge in [0.05, 0.1) is 17.0 Å². The summed E-state index contributed by atoms with van der Waals surface area (Å²) < 4.78 is 7.07. The van der Waals surface area contributed by atoms with Gasteiger partial charge >= 0.3 is 0 Å². The van der Waals surface area contributed by atoms with Crippen LogP contribution in [0.2, 0.25) is 0 Å². The first-order valence-electron chi connectivity index (χ1n) is 9.41. The maximum Gasteiger partial charge on any atom is 0.275 e. The normalized spacial score (nSPS) is 12.6. The highest BCUT2D eigenvalue weighted by molar-refractivity contribution is 7.25. The fourth-order valence-electron chi connectivity index (χ4n) is 2.58. The lowest BCUT2D eigenvalue weighted by atomic mass is 10.2. The summed E-state index contributed by atoms with van der Waals surface area (Å²) in [5, 5.41) is 4.23. The van der Waals surface area contributed by atoms with Crippen molar-refractivity contribution in [2.75, 3.05) is 19.0 Å². The molecule has 0 aliphatic carbocycles. The first-order chi connectivity index (χ1) is 13.6. The number of hydrogen-bond donors (Lipinski definition) is 1. The van der Waals surface area contributed by atoms with Gasteiger partial charge in [-0.2, -0.15) is 0 Å². The van der Waals surface area contributed by atoms with Gasteiger partial charge in [0, 0.05) is 31.7 Å². The molecular formula is C21H28N4O2S. The van der Waals surface area contributed by atoms with Crippen molar-refractivity contribution in [3.8, 4) is 0 Å². The number of aromatic nitrogens is 3. The van der Waals surface area contributed by atoms with Crippen LogP contribution in [0, 0.1) is 0 Å². The predicted molar refractivity (Wildman–Crippen MR) is 120 cm³/mol. The SMILES string of the molecule is C/C=C\C(C)OC.CC/C=C/n1cnc2c(sc3nccc(NCC)c32)c1=O. The van der Waals surface area contributed by atoms with Crippen LogP contribution < -0.4 is 10.9 Å². The van der Waals surface area contributed by atoms with E-state index in [1.807, 2.05) is 52.0 Å². The Morgan fingerprint density at radius 1 is 1.36 bits per heavy atom. The Labute approximate surface area is 169 Å². The van der Waals surface area contributed by atoms with Crippen LogP contribution in [0.15, 0.2) is 41.6 Å². The maximum absolute atomic E-state index is 12.5. The molecule has 3 aromatic rings. The fourth-order valence-corrected chi connectivity index (χ4v) is 3.64. The predicted octanol–water partition coefficient (Wildman–Crippen LogP) is 4.92. The van der Waals surface area contributed by atoms with Crippen molar-refractivity contribution in [2.45, 2.75) is 40.2 Å². The molecule has 0 bridgehead atoms. The van der Waals surface area contributed by atoms with Crippen LogP contribution in [0.3, 0.4) is 0 Å². The molecule has 1 N–H and O–H groups in total. The van der Waals surface area contributed by atoms with E-state index in [4.69, 9.17) is 4.74 Å². The lowest BCUT2D eigenvalue weighted by molar-refractivity contribution is 0.156. The van der Waals surface area contributed by atoms with Gasteiger partial charge in [0.1, 0.15) is 15.9 Å². The number of nitrogens with one attached hydrogen (secondary N) is 1. The number of methoxy groups -OCH3 is 1. The minimum Gasteiger partial charge on any atom is -0.385 e. The Morgan fingerprint density at radius 2 is 2.14 bits per heavy atom. The van der Waals surface area contributed by atoms with Gasteiger partial charge < -0.3 is 10.1 Å². The number of nitrogens with zero attached hydrogens (tertiary/aromatic N) is 3. The van der Waals surface area contributed by atoms with E-state index in [1.165, 1.54) is 15.9 Å². The molecule has 1 unspecified atom stereocenters. The number of rotatable bonds is 6. The van der Waals surface area contributed by atoms with E-state index >= 15 is 0 Å². The summed E-state index contributed by atoms with van der Waals surface area (Å²) in [5.74, 6) is 0. The summed E-state index contributed by atoms with van der Waals surface area (Å²) in [6, 6.07) is 1.92. The zero-order valence-electron chi connectivity index (χ0n) is 17.1. The van der Waals surface area contributed by atoms with Gasteiger partial charge in [0.15, 0.2) is 0 Å². The molecule has 7 heteroatoms. The van der Waals surface area contributed by atoms with Crippen LogP contribution in [0.5, 0.6) is 0 Å². The van der Waals surface area contributed by atoms with Crippen LogP contribution in [-0.4, -0.2) is 34.3 Å². The summed E-state index contributed by atoms with van der Waals surface area (Å²) in [5.41, 5.74) is 1.66. The summed E-state index contributed by atoms with van der Waals surface area (Å²) in [4.78, 5) is 22.2. The second kappa shape index (κ2) is 10.7. The van der Waals surface area contributed by atoms with Gasteiger partial charge in [-0.25, -0.2) is 9.97 Å². The second-order valence-electron chi connectivity index (χ2n) is 6.07. The van der Waals surface area contributed by atoms with E-state index in [2.05, 4.69) is 15.3 Å². The Morgan fingerprint density at radius 3 is 2.75 bits per heavy atom. The number of hydrogen-bond acceptors (Lipinski definition) is 6. The molecule has 1 atom stereocenters. The van der Waals surface area contributed by atoms with Gasteiger partial charge in [-0.15, -0.1) is 11.3 Å². The highest BCUT2D eigenvalue weighted by Gasteiger charge is 2.14. The summed E-state index contributed by atoms with van der Waals surface area (Å²) in [6.07, 6.45) is 12.2. The molecule has 0 saturated heterocycles. The van der Waals surface area contributed by atoms with E-state index in [0.29, 0.717) is 4.70 Å². The minimum absolute atomic E-state index is 0.0462. The van der Waals surface area contributed by atoms with Gasteiger partial charge in [-0.1, -0.05) is 25.2 Å². The molecule has 3 aromatic heterocycles. The standard InChI is InChI=1S/C15H16N4OS.C6H12O/c1-3-5-8-19-9-18-12-11-10(16-4-2)6-7-17-14(11)21-13(12)15(19)20;1-4-5-6(2)7-3/h5-9H,3-4H2,1-2H3,(H,16,17);4-6H,1-3H3/b8-5+;5-4-. The number of thiophene rings is 1. The van der Waals surface area contributed by atoms with E-state index in [-0.39, 0.29) is 11.7 Å². The van der Waals surface area contributed by atoms with Gasteiger partial charge in [-0.05, 0) is 33.3 Å². The van der Waals surface area contributed by atoms with Crippen LogP contribution in [0.4, 0.5) is 5.69 Å². The topological polar surface area (TPSA) is 69.0 Å². The van der Waals surface area contributed by atoms with Crippen LogP contribution in [-0.2, 0) is 4.74 Å². The quantitative estimate of drug-likeness (QED) is 0.595. The van der Waals surface area contributed by atoms with Crippen molar-refractivity contribution >= 4 is 43.7 Å². The Kier molecular flexibility index (Phi) is 8.35. The maximum atomic E-state index is 12.5. The van der Waals surface area contributed by atoms with E-state index in [1.54, 1.807) is 25.8 Å². The zero-order valence-corrected chi connectivity index (χ0v) is 17.9. The second-order valence-corrected chi connectivity index (χ2v) is 7.06.